The molecule has 0 saturated carbocycles. The van der Waals surface area contributed by atoms with Crippen molar-refractivity contribution in [2.75, 3.05) is 5.32 Å². The van der Waals surface area contributed by atoms with Gasteiger partial charge >= 0.3 is 0 Å². The molecule has 0 radical (unpaired) electrons. The van der Waals surface area contributed by atoms with E-state index in [2.05, 4.69) is 10.3 Å². The fourth-order valence-electron chi connectivity index (χ4n) is 3.01. The molecule has 2 heterocycles. The quantitative estimate of drug-likeness (QED) is 0.449. The minimum absolute atomic E-state index is 0.150. The van der Waals surface area contributed by atoms with Gasteiger partial charge in [0, 0.05) is 28.7 Å². The molecule has 1 N–H and O–H groups in total. The molecule has 0 spiro atoms. The van der Waals surface area contributed by atoms with Crippen LogP contribution in [0.1, 0.15) is 16.2 Å². The van der Waals surface area contributed by atoms with Crippen LogP contribution in [0.15, 0.2) is 66.9 Å². The second-order valence-electron chi connectivity index (χ2n) is 6.47. The number of amides is 1. The normalized spacial score (nSPS) is 10.8. The summed E-state index contributed by atoms with van der Waals surface area (Å²) in [6.45, 7) is 1.96. The molecule has 4 rings (SSSR count). The lowest BCUT2D eigenvalue weighted by molar-refractivity contribution is 0.102. The Morgan fingerprint density at radius 2 is 1.86 bits per heavy atom. The largest absolute Gasteiger partial charge is 0.331 e. The SMILES string of the molecule is Cc1ncc(-c2cccc(NC(=O)c3cccc(-c4ccc(Cl)s4)c3)c2)n1C. The minimum Gasteiger partial charge on any atom is -0.331 e. The van der Waals surface area contributed by atoms with E-state index in [0.29, 0.717) is 5.56 Å². The van der Waals surface area contributed by atoms with Gasteiger partial charge in [-0.05, 0) is 48.9 Å². The van der Waals surface area contributed by atoms with Gasteiger partial charge in [0.15, 0.2) is 0 Å². The number of hydrogen-bond donors (Lipinski definition) is 1. The molecule has 4 nitrogen and oxygen atoms in total. The summed E-state index contributed by atoms with van der Waals surface area (Å²) >= 11 is 7.52. The van der Waals surface area contributed by atoms with Crippen LogP contribution in [0.2, 0.25) is 4.34 Å². The first-order valence-electron chi connectivity index (χ1n) is 8.77. The molecule has 0 aliphatic heterocycles. The number of nitrogens with one attached hydrogen (secondary N) is 1. The van der Waals surface area contributed by atoms with Crippen LogP contribution in [0, 0.1) is 6.92 Å². The van der Waals surface area contributed by atoms with Gasteiger partial charge in [-0.3, -0.25) is 4.79 Å². The van der Waals surface area contributed by atoms with Crippen LogP contribution in [-0.2, 0) is 7.05 Å². The summed E-state index contributed by atoms with van der Waals surface area (Å²) in [6, 6.07) is 19.1. The highest BCUT2D eigenvalue weighted by molar-refractivity contribution is 7.19. The van der Waals surface area contributed by atoms with Crippen molar-refractivity contribution < 1.29 is 4.79 Å². The van der Waals surface area contributed by atoms with Crippen LogP contribution in [0.25, 0.3) is 21.7 Å². The number of thiophene rings is 1. The highest BCUT2D eigenvalue weighted by atomic mass is 35.5. The van der Waals surface area contributed by atoms with Crippen molar-refractivity contribution in [3.63, 3.8) is 0 Å². The van der Waals surface area contributed by atoms with Crippen LogP contribution in [0.3, 0.4) is 0 Å². The Balaban J connectivity index is 1.57. The highest BCUT2D eigenvalue weighted by Crippen LogP contribution is 2.31. The molecule has 0 bridgehead atoms. The van der Waals surface area contributed by atoms with Crippen molar-refractivity contribution in [1.82, 2.24) is 9.55 Å². The molecule has 2 aromatic carbocycles. The number of hydrogen-bond acceptors (Lipinski definition) is 3. The van der Waals surface area contributed by atoms with E-state index in [1.54, 1.807) is 0 Å². The van der Waals surface area contributed by atoms with Gasteiger partial charge in [-0.25, -0.2) is 4.98 Å². The van der Waals surface area contributed by atoms with Gasteiger partial charge < -0.3 is 9.88 Å². The van der Waals surface area contributed by atoms with Crippen molar-refractivity contribution >= 4 is 34.5 Å². The third kappa shape index (κ3) is 3.72. The highest BCUT2D eigenvalue weighted by Gasteiger charge is 2.11. The number of rotatable bonds is 4. The molecule has 2 aromatic heterocycles. The molecule has 4 aromatic rings. The zero-order valence-electron chi connectivity index (χ0n) is 15.4. The molecule has 6 heteroatoms. The van der Waals surface area contributed by atoms with Crippen LogP contribution in [0.4, 0.5) is 5.69 Å². The van der Waals surface area contributed by atoms with E-state index in [1.165, 1.54) is 11.3 Å². The van der Waals surface area contributed by atoms with Crippen molar-refractivity contribution in [3.05, 3.63) is 82.6 Å². The Hall–Kier alpha value is -2.89. The number of aromatic nitrogens is 2. The Bertz CT molecular complexity index is 1160. The van der Waals surface area contributed by atoms with E-state index in [1.807, 2.05) is 85.4 Å². The van der Waals surface area contributed by atoms with Crippen LogP contribution < -0.4 is 5.32 Å². The molecule has 0 aliphatic rings. The van der Waals surface area contributed by atoms with E-state index in [9.17, 15) is 4.79 Å². The minimum atomic E-state index is -0.150. The predicted molar refractivity (Wildman–Crippen MR) is 116 cm³/mol. The molecule has 140 valence electrons. The smallest absolute Gasteiger partial charge is 0.255 e. The lowest BCUT2D eigenvalue weighted by Gasteiger charge is -2.09. The zero-order chi connectivity index (χ0) is 19.7. The molecule has 0 unspecified atom stereocenters. The topological polar surface area (TPSA) is 46.9 Å². The molecule has 1 amide bonds. The molecular formula is C22H18ClN3OS. The van der Waals surface area contributed by atoms with Gasteiger partial charge in [0.2, 0.25) is 0 Å². The van der Waals surface area contributed by atoms with Crippen molar-refractivity contribution in [2.24, 2.45) is 7.05 Å². The summed E-state index contributed by atoms with van der Waals surface area (Å²) in [5.41, 5.74) is 4.33. The molecular weight excluding hydrogens is 390 g/mol. The molecule has 0 saturated heterocycles. The average molecular weight is 408 g/mol. The van der Waals surface area contributed by atoms with E-state index < -0.39 is 0 Å². The number of benzene rings is 2. The monoisotopic (exact) mass is 407 g/mol. The van der Waals surface area contributed by atoms with E-state index in [0.717, 1.165) is 37.5 Å². The van der Waals surface area contributed by atoms with Crippen LogP contribution in [-0.4, -0.2) is 15.5 Å². The summed E-state index contributed by atoms with van der Waals surface area (Å²) in [7, 11) is 1.98. The first-order valence-corrected chi connectivity index (χ1v) is 9.96. The van der Waals surface area contributed by atoms with E-state index in [-0.39, 0.29) is 5.91 Å². The van der Waals surface area contributed by atoms with Gasteiger partial charge in [-0.1, -0.05) is 35.9 Å². The second-order valence-corrected chi connectivity index (χ2v) is 8.18. The first kappa shape index (κ1) is 18.5. The van der Waals surface area contributed by atoms with E-state index >= 15 is 0 Å². The fourth-order valence-corrected chi connectivity index (χ4v) is 4.05. The van der Waals surface area contributed by atoms with Crippen LogP contribution >= 0.6 is 22.9 Å². The first-order chi connectivity index (χ1) is 13.5. The maximum Gasteiger partial charge on any atom is 0.255 e. The van der Waals surface area contributed by atoms with Gasteiger partial charge in [0.25, 0.3) is 5.91 Å². The van der Waals surface area contributed by atoms with Crippen molar-refractivity contribution in [1.29, 1.82) is 0 Å². The molecule has 0 atom stereocenters. The molecule has 0 fully saturated rings. The maximum absolute atomic E-state index is 12.8. The lowest BCUT2D eigenvalue weighted by atomic mass is 10.1. The van der Waals surface area contributed by atoms with Gasteiger partial charge in [-0.15, -0.1) is 11.3 Å². The average Bonchev–Trinajstić information content (AvgIpc) is 3.28. The number of carbonyl (C=O) groups excluding carboxylic acids is 1. The Kier molecular flexibility index (Phi) is 5.03. The summed E-state index contributed by atoms with van der Waals surface area (Å²) in [5, 5.41) is 2.99. The standard InChI is InChI=1S/C22H18ClN3OS/c1-14-24-13-19(26(14)2)15-5-4-8-18(12-15)25-22(27)17-7-3-6-16(11-17)20-9-10-21(23)28-20/h3-13H,1-2H3,(H,25,27). The summed E-state index contributed by atoms with van der Waals surface area (Å²) < 4.78 is 2.75. The number of halogens is 1. The van der Waals surface area contributed by atoms with Crippen molar-refractivity contribution in [3.8, 4) is 21.7 Å². The fraction of sp³-hybridized carbons (Fsp3) is 0.0909. The number of anilines is 1. The zero-order valence-corrected chi connectivity index (χ0v) is 17.0. The summed E-state index contributed by atoms with van der Waals surface area (Å²) in [6.07, 6.45) is 1.84. The van der Waals surface area contributed by atoms with Crippen molar-refractivity contribution in [2.45, 2.75) is 6.92 Å². The Morgan fingerprint density at radius 1 is 1.07 bits per heavy atom. The molecule has 0 aliphatic carbocycles. The lowest BCUT2D eigenvalue weighted by Crippen LogP contribution is -2.11. The second kappa shape index (κ2) is 7.62. The number of carbonyl (C=O) groups is 1. The third-order valence-corrected chi connectivity index (χ3v) is 5.90. The Morgan fingerprint density at radius 3 is 2.57 bits per heavy atom. The summed E-state index contributed by atoms with van der Waals surface area (Å²) in [5.74, 6) is 0.790. The third-order valence-electron chi connectivity index (χ3n) is 4.62. The number of imidazole rings is 1. The number of aryl methyl sites for hydroxylation is 1. The number of nitrogens with zero attached hydrogens (tertiary/aromatic N) is 2. The Labute approximate surface area is 172 Å². The van der Waals surface area contributed by atoms with Gasteiger partial charge in [0.1, 0.15) is 5.82 Å². The molecule has 28 heavy (non-hydrogen) atoms. The van der Waals surface area contributed by atoms with Gasteiger partial charge in [0.05, 0.1) is 16.2 Å². The predicted octanol–water partition coefficient (Wildman–Crippen LogP) is 6.03. The van der Waals surface area contributed by atoms with E-state index in [4.69, 9.17) is 11.6 Å². The van der Waals surface area contributed by atoms with Gasteiger partial charge in [-0.2, -0.15) is 0 Å². The summed E-state index contributed by atoms with van der Waals surface area (Å²) in [4.78, 5) is 18.1. The maximum atomic E-state index is 12.8. The van der Waals surface area contributed by atoms with Crippen LogP contribution in [0.5, 0.6) is 0 Å².